The Kier molecular flexibility index (Phi) is 6.35. The molecule has 2 fully saturated rings. The number of ether oxygens (including phenoxy) is 1. The summed E-state index contributed by atoms with van der Waals surface area (Å²) in [6.45, 7) is 3.02. The van der Waals surface area contributed by atoms with E-state index in [1.165, 1.54) is 0 Å². The molecule has 38 heavy (non-hydrogen) atoms. The minimum Gasteiger partial charge on any atom is -0.465 e. The average Bonchev–Trinajstić information content (AvgIpc) is 3.22. The third-order valence-electron chi connectivity index (χ3n) is 8.37. The van der Waals surface area contributed by atoms with Crippen LogP contribution in [0, 0.1) is 11.8 Å². The van der Waals surface area contributed by atoms with Gasteiger partial charge in [0.2, 0.25) is 5.91 Å². The van der Waals surface area contributed by atoms with Crippen molar-refractivity contribution in [2.45, 2.75) is 41.7 Å². The second kappa shape index (κ2) is 9.58. The maximum atomic E-state index is 14.5. The quantitative estimate of drug-likeness (QED) is 0.359. The topological polar surface area (TPSA) is 87.1 Å². The van der Waals surface area contributed by atoms with Gasteiger partial charge in [0.05, 0.1) is 23.2 Å². The van der Waals surface area contributed by atoms with Crippen molar-refractivity contribution in [1.29, 1.82) is 0 Å². The molecule has 4 aliphatic heterocycles. The van der Waals surface area contributed by atoms with Crippen LogP contribution in [0.4, 0.5) is 5.69 Å². The summed E-state index contributed by atoms with van der Waals surface area (Å²) >= 11 is 1.55. The van der Waals surface area contributed by atoms with Crippen molar-refractivity contribution in [2.24, 2.45) is 11.8 Å². The highest BCUT2D eigenvalue weighted by molar-refractivity contribution is 8.02. The van der Waals surface area contributed by atoms with Crippen LogP contribution >= 0.6 is 11.8 Å². The molecule has 2 saturated heterocycles. The molecule has 1 unspecified atom stereocenters. The van der Waals surface area contributed by atoms with Crippen molar-refractivity contribution >= 4 is 46.0 Å². The van der Waals surface area contributed by atoms with Gasteiger partial charge in [-0.25, -0.2) is 0 Å². The number of anilines is 1. The van der Waals surface area contributed by atoms with Crippen molar-refractivity contribution in [3.63, 3.8) is 0 Å². The van der Waals surface area contributed by atoms with Crippen LogP contribution in [0.25, 0.3) is 10.8 Å². The summed E-state index contributed by atoms with van der Waals surface area (Å²) in [6.07, 6.45) is 9.80. The van der Waals surface area contributed by atoms with Gasteiger partial charge in [-0.15, -0.1) is 11.8 Å². The molecule has 1 N–H and O–H groups in total. The van der Waals surface area contributed by atoms with E-state index in [4.69, 9.17) is 4.74 Å². The number of cyclic esters (lactones) is 1. The smallest absolute Gasteiger partial charge is 0.311 e. The second-order valence-electron chi connectivity index (χ2n) is 10.7. The number of hydrogen-bond acceptors (Lipinski definition) is 6. The highest BCUT2D eigenvalue weighted by Crippen LogP contribution is 2.65. The van der Waals surface area contributed by atoms with Gasteiger partial charge in [0, 0.05) is 30.1 Å². The fourth-order valence-electron chi connectivity index (χ4n) is 6.70. The predicted octanol–water partition coefficient (Wildman–Crippen LogP) is 3.71. The normalized spacial score (nSPS) is 32.5. The summed E-state index contributed by atoms with van der Waals surface area (Å²) in [4.78, 5) is 45.5. The summed E-state index contributed by atoms with van der Waals surface area (Å²) in [7, 11) is 0. The number of hydrogen-bond donors (Lipinski definition) is 1. The Morgan fingerprint density at radius 3 is 2.63 bits per heavy atom. The van der Waals surface area contributed by atoms with Crippen LogP contribution in [0.15, 0.2) is 66.8 Å². The third kappa shape index (κ3) is 3.80. The summed E-state index contributed by atoms with van der Waals surface area (Å²) < 4.78 is 4.02. The van der Waals surface area contributed by atoms with Gasteiger partial charge in [0.25, 0.3) is 5.91 Å². The number of carbonyl (C=O) groups is 3. The maximum absolute atomic E-state index is 14.5. The maximum Gasteiger partial charge on any atom is 0.311 e. The molecule has 6 rings (SSSR count). The molecule has 198 valence electrons. The van der Waals surface area contributed by atoms with Crippen LogP contribution in [0.5, 0.6) is 0 Å². The zero-order valence-corrected chi connectivity index (χ0v) is 22.2. The van der Waals surface area contributed by atoms with E-state index in [0.29, 0.717) is 32.4 Å². The minimum atomic E-state index is -0.897. The minimum absolute atomic E-state index is 0.0187. The molecule has 0 saturated carbocycles. The van der Waals surface area contributed by atoms with Gasteiger partial charge in [-0.1, -0.05) is 54.6 Å². The van der Waals surface area contributed by atoms with E-state index in [1.807, 2.05) is 73.7 Å². The number of aliphatic hydroxyl groups is 1. The zero-order chi connectivity index (χ0) is 26.5. The van der Waals surface area contributed by atoms with E-state index in [-0.39, 0.29) is 31.0 Å². The van der Waals surface area contributed by atoms with Gasteiger partial charge >= 0.3 is 5.97 Å². The number of fused-ring (bicyclic) bond motifs is 3. The molecule has 0 radical (unpaired) electrons. The van der Waals surface area contributed by atoms with Crippen LogP contribution in [0.1, 0.15) is 26.2 Å². The molecule has 0 aliphatic carbocycles. The number of rotatable bonds is 5. The molecule has 5 atom stereocenters. The molecular weight excluding hydrogens is 500 g/mol. The number of amides is 2. The lowest BCUT2D eigenvalue weighted by molar-refractivity contribution is -0.154. The van der Waals surface area contributed by atoms with Crippen molar-refractivity contribution in [1.82, 2.24) is 4.90 Å². The molecule has 0 bridgehead atoms. The van der Waals surface area contributed by atoms with E-state index in [9.17, 15) is 19.5 Å². The first-order valence-electron chi connectivity index (χ1n) is 13.3. The standard InChI is InChI=1S/C30H32N2O5S/c1-29-13-4-7-18-37-28(36)24(29)23-26(34)32(15-5-6-17-33)25-27(35)31(16-8-14-30(23,25)38-29)22-12-11-20-9-2-3-10-21(20)19-22/h2-4,8-14,19,23-25,33H,5-7,15-18H2,1H3/t23-,24-,25?,29+,30-/m0/s1. The largest absolute Gasteiger partial charge is 0.465 e. The molecule has 2 amide bonds. The number of carbonyl (C=O) groups excluding carboxylic acids is 3. The van der Waals surface area contributed by atoms with Gasteiger partial charge in [0.15, 0.2) is 0 Å². The Morgan fingerprint density at radius 1 is 1.00 bits per heavy atom. The molecule has 2 aromatic rings. The number of unbranched alkanes of at least 4 members (excludes halogenated alkanes) is 1. The number of likely N-dealkylation sites (tertiary alicyclic amines) is 1. The lowest BCUT2D eigenvalue weighted by atomic mass is 9.74. The zero-order valence-electron chi connectivity index (χ0n) is 21.4. The lowest BCUT2D eigenvalue weighted by Crippen LogP contribution is -2.53. The van der Waals surface area contributed by atoms with Crippen molar-refractivity contribution in [3.8, 4) is 0 Å². The molecule has 7 nitrogen and oxygen atoms in total. The number of nitrogens with zero attached hydrogens (tertiary/aromatic N) is 2. The number of thioether (sulfide) groups is 1. The van der Waals surface area contributed by atoms with Crippen LogP contribution in [-0.2, 0) is 19.1 Å². The van der Waals surface area contributed by atoms with Gasteiger partial charge in [0.1, 0.15) is 6.04 Å². The molecular formula is C30H32N2O5S. The average molecular weight is 533 g/mol. The fraction of sp³-hybridized carbons (Fsp3) is 0.433. The monoisotopic (exact) mass is 532 g/mol. The molecule has 4 heterocycles. The van der Waals surface area contributed by atoms with Crippen molar-refractivity contribution in [3.05, 3.63) is 66.8 Å². The summed E-state index contributed by atoms with van der Waals surface area (Å²) in [5.74, 6) is -2.09. The van der Waals surface area contributed by atoms with Crippen LogP contribution in [0.3, 0.4) is 0 Å². The van der Waals surface area contributed by atoms with Gasteiger partial charge in [-0.05, 0) is 49.1 Å². The number of benzene rings is 2. The highest BCUT2D eigenvalue weighted by Gasteiger charge is 2.73. The third-order valence-corrected chi connectivity index (χ3v) is 10.2. The Bertz CT molecular complexity index is 1360. The molecule has 4 aliphatic rings. The highest BCUT2D eigenvalue weighted by atomic mass is 32.2. The predicted molar refractivity (Wildman–Crippen MR) is 148 cm³/mol. The van der Waals surface area contributed by atoms with E-state index in [2.05, 4.69) is 0 Å². The van der Waals surface area contributed by atoms with E-state index in [0.717, 1.165) is 16.5 Å². The Hall–Kier alpha value is -3.10. The van der Waals surface area contributed by atoms with Gasteiger partial charge < -0.3 is 19.6 Å². The van der Waals surface area contributed by atoms with E-state index < -0.39 is 27.4 Å². The fourth-order valence-corrected chi connectivity index (χ4v) is 8.85. The Labute approximate surface area is 226 Å². The van der Waals surface area contributed by atoms with Gasteiger partial charge in [-0.2, -0.15) is 0 Å². The summed E-state index contributed by atoms with van der Waals surface area (Å²) in [5, 5.41) is 11.5. The second-order valence-corrected chi connectivity index (χ2v) is 12.5. The first-order chi connectivity index (χ1) is 18.4. The summed E-state index contributed by atoms with van der Waals surface area (Å²) in [6, 6.07) is 13.2. The van der Waals surface area contributed by atoms with Crippen molar-refractivity contribution < 1.29 is 24.2 Å². The SMILES string of the molecule is C[C@@]12C=CCCOC(=O)[C@@H]1[C@H]1C(=O)N(CCCCO)C3C(=O)N(c4ccc5ccccc5c4)CC=C[C@@]31S2. The van der Waals surface area contributed by atoms with Crippen LogP contribution < -0.4 is 4.90 Å². The summed E-state index contributed by atoms with van der Waals surface area (Å²) in [5.41, 5.74) is 0.779. The first kappa shape index (κ1) is 25.2. The van der Waals surface area contributed by atoms with Gasteiger partial charge in [-0.3, -0.25) is 14.4 Å². The molecule has 8 heteroatoms. The molecule has 0 aromatic heterocycles. The van der Waals surface area contributed by atoms with Crippen LogP contribution in [-0.4, -0.2) is 69.6 Å². The van der Waals surface area contributed by atoms with E-state index in [1.54, 1.807) is 21.6 Å². The number of esters is 1. The van der Waals surface area contributed by atoms with E-state index >= 15 is 0 Å². The molecule has 2 aromatic carbocycles. The Balaban J connectivity index is 1.46. The van der Waals surface area contributed by atoms with Crippen LogP contribution in [0.2, 0.25) is 0 Å². The first-order valence-corrected chi connectivity index (χ1v) is 14.1. The van der Waals surface area contributed by atoms with Crippen molar-refractivity contribution in [2.75, 3.05) is 31.2 Å². The lowest BCUT2D eigenvalue weighted by Gasteiger charge is -2.37. The number of aliphatic hydroxyl groups excluding tert-OH is 1. The Morgan fingerprint density at radius 2 is 1.82 bits per heavy atom. The molecule has 1 spiro atoms.